The molecule has 0 aliphatic carbocycles. The molecule has 2 aliphatic rings. The van der Waals surface area contributed by atoms with Crippen LogP contribution in [0.5, 0.6) is 5.75 Å². The van der Waals surface area contributed by atoms with E-state index in [0.717, 1.165) is 28.6 Å². The summed E-state index contributed by atoms with van der Waals surface area (Å²) in [5.74, 6) is -0.315. The lowest BCUT2D eigenvalue weighted by Gasteiger charge is -2.39. The van der Waals surface area contributed by atoms with Crippen molar-refractivity contribution < 1.29 is 35.9 Å². The highest BCUT2D eigenvalue weighted by molar-refractivity contribution is 7.05. The summed E-state index contributed by atoms with van der Waals surface area (Å²) in [6.07, 6.45) is -5.93. The first-order valence-corrected chi connectivity index (χ1v) is 13.2. The fourth-order valence-electron chi connectivity index (χ4n) is 5.03. The summed E-state index contributed by atoms with van der Waals surface area (Å²) >= 11 is 1.15. The first-order chi connectivity index (χ1) is 18.9. The van der Waals surface area contributed by atoms with Gasteiger partial charge in [-0.15, -0.1) is 0 Å². The third kappa shape index (κ3) is 5.87. The van der Waals surface area contributed by atoms with Crippen LogP contribution in [0, 0.1) is 12.7 Å². The van der Waals surface area contributed by atoms with Gasteiger partial charge in [0.25, 0.3) is 6.43 Å². The van der Waals surface area contributed by atoms with Gasteiger partial charge in [-0.1, -0.05) is 12.1 Å². The van der Waals surface area contributed by atoms with Crippen LogP contribution in [0.4, 0.5) is 36.8 Å². The highest BCUT2D eigenvalue weighted by atomic mass is 32.1. The smallest absolute Gasteiger partial charge is 0.401 e. The maximum atomic E-state index is 14.5. The van der Waals surface area contributed by atoms with Crippen LogP contribution in [0.15, 0.2) is 42.7 Å². The molecular formula is C26H25F6N5O2S. The number of amides is 2. The van der Waals surface area contributed by atoms with Gasteiger partial charge in [0.2, 0.25) is 0 Å². The third-order valence-corrected chi connectivity index (χ3v) is 8.04. The standard InChI is InChI=1S/C26H25F6N5O2S/c1-15-2-4-17(9-19(15)27)25(23-33-14-34-40-23)6-7-37(12-25)24(38)35-20-8-16(22(28)29)3-5-21(20)39-18-10-36(11-18)13-26(30,31)32/h2-5,8-9,14,18,22H,6-7,10-13H2,1H3,(H,35,38)/t25-/m1/s1. The molecule has 2 aromatic carbocycles. The Kier molecular flexibility index (Phi) is 7.66. The Morgan fingerprint density at radius 2 is 2.00 bits per heavy atom. The van der Waals surface area contributed by atoms with Gasteiger partial charge in [0.15, 0.2) is 0 Å². The van der Waals surface area contributed by atoms with Crippen molar-refractivity contribution in [3.8, 4) is 5.75 Å². The molecule has 1 N–H and O–H groups in total. The zero-order valence-electron chi connectivity index (χ0n) is 21.2. The van der Waals surface area contributed by atoms with Gasteiger partial charge in [0.1, 0.15) is 29.0 Å². The molecule has 40 heavy (non-hydrogen) atoms. The highest BCUT2D eigenvalue weighted by Gasteiger charge is 2.46. The minimum absolute atomic E-state index is 0.00704. The van der Waals surface area contributed by atoms with Crippen LogP contribution in [0.3, 0.4) is 0 Å². The van der Waals surface area contributed by atoms with Gasteiger partial charge in [-0.05, 0) is 60.3 Å². The number of alkyl halides is 5. The normalized spacial score (nSPS) is 20.1. The number of nitrogens with zero attached hydrogens (tertiary/aromatic N) is 4. The Balaban J connectivity index is 1.34. The molecule has 14 heteroatoms. The zero-order chi connectivity index (χ0) is 28.7. The van der Waals surface area contributed by atoms with Gasteiger partial charge >= 0.3 is 12.2 Å². The Hall–Kier alpha value is -3.39. The summed E-state index contributed by atoms with van der Waals surface area (Å²) < 4.78 is 89.1. The van der Waals surface area contributed by atoms with E-state index in [0.29, 0.717) is 22.6 Å². The third-order valence-electron chi connectivity index (χ3n) is 7.17. The number of carbonyl (C=O) groups is 1. The number of carbonyl (C=O) groups excluding carboxylic acids is 1. The Bertz CT molecular complexity index is 1370. The first kappa shape index (κ1) is 28.1. The number of rotatable bonds is 7. The lowest BCUT2D eigenvalue weighted by molar-refractivity contribution is -0.162. The number of hydrogen-bond acceptors (Lipinski definition) is 6. The second-order valence-electron chi connectivity index (χ2n) is 10.00. The molecule has 2 fully saturated rings. The zero-order valence-corrected chi connectivity index (χ0v) is 22.0. The van der Waals surface area contributed by atoms with Gasteiger partial charge in [-0.25, -0.2) is 22.9 Å². The van der Waals surface area contributed by atoms with Crippen LogP contribution >= 0.6 is 11.5 Å². The monoisotopic (exact) mass is 585 g/mol. The largest absolute Gasteiger partial charge is 0.486 e. The molecule has 0 bridgehead atoms. The minimum Gasteiger partial charge on any atom is -0.486 e. The number of benzene rings is 2. The molecule has 214 valence electrons. The molecule has 2 aliphatic heterocycles. The van der Waals surface area contributed by atoms with Crippen LogP contribution in [0.1, 0.15) is 34.5 Å². The average Bonchev–Trinajstić information content (AvgIpc) is 3.56. The molecule has 2 saturated heterocycles. The van der Waals surface area contributed by atoms with Crippen molar-refractivity contribution in [2.45, 2.75) is 37.5 Å². The molecule has 1 aromatic heterocycles. The predicted octanol–water partition coefficient (Wildman–Crippen LogP) is 5.77. The molecule has 3 aromatic rings. The molecule has 1 atom stereocenters. The summed E-state index contributed by atoms with van der Waals surface area (Å²) in [5, 5.41) is 3.25. The summed E-state index contributed by atoms with van der Waals surface area (Å²) in [7, 11) is 0. The van der Waals surface area contributed by atoms with Crippen LogP contribution in [-0.2, 0) is 5.41 Å². The quantitative estimate of drug-likeness (QED) is 0.357. The summed E-state index contributed by atoms with van der Waals surface area (Å²) in [4.78, 5) is 20.3. The average molecular weight is 586 g/mol. The topological polar surface area (TPSA) is 70.6 Å². The number of aryl methyl sites for hydroxylation is 1. The molecule has 3 heterocycles. The van der Waals surface area contributed by atoms with Crippen LogP contribution in [0.25, 0.3) is 0 Å². The van der Waals surface area contributed by atoms with Gasteiger partial charge < -0.3 is 15.0 Å². The Morgan fingerprint density at radius 1 is 1.23 bits per heavy atom. The second kappa shape index (κ2) is 10.9. The van der Waals surface area contributed by atoms with E-state index in [-0.39, 0.29) is 49.0 Å². The molecule has 0 spiro atoms. The van der Waals surface area contributed by atoms with E-state index in [2.05, 4.69) is 14.7 Å². The van der Waals surface area contributed by atoms with Gasteiger partial charge in [0, 0.05) is 31.7 Å². The Labute approximate surface area is 229 Å². The second-order valence-corrected chi connectivity index (χ2v) is 10.8. The highest BCUT2D eigenvalue weighted by Crippen LogP contribution is 2.42. The molecule has 0 radical (unpaired) electrons. The van der Waals surface area contributed by atoms with E-state index in [1.54, 1.807) is 19.1 Å². The number of aromatic nitrogens is 2. The van der Waals surface area contributed by atoms with Crippen LogP contribution < -0.4 is 10.1 Å². The lowest BCUT2D eigenvalue weighted by atomic mass is 9.80. The number of hydrogen-bond donors (Lipinski definition) is 1. The lowest BCUT2D eigenvalue weighted by Crippen LogP contribution is -2.56. The van der Waals surface area contributed by atoms with Crippen molar-refractivity contribution in [3.05, 3.63) is 70.2 Å². The van der Waals surface area contributed by atoms with E-state index in [1.165, 1.54) is 23.4 Å². The summed E-state index contributed by atoms with van der Waals surface area (Å²) in [6, 6.07) is 7.79. The number of nitrogens with one attached hydrogen (secondary N) is 1. The van der Waals surface area contributed by atoms with Gasteiger partial charge in [-0.2, -0.15) is 17.5 Å². The van der Waals surface area contributed by atoms with Crippen molar-refractivity contribution >= 4 is 23.3 Å². The van der Waals surface area contributed by atoms with E-state index in [9.17, 15) is 31.1 Å². The maximum Gasteiger partial charge on any atom is 0.401 e. The van der Waals surface area contributed by atoms with Crippen molar-refractivity contribution in [1.29, 1.82) is 0 Å². The number of anilines is 1. The summed E-state index contributed by atoms with van der Waals surface area (Å²) in [6.45, 7) is 0.990. The number of halogens is 6. The minimum atomic E-state index is -4.34. The van der Waals surface area contributed by atoms with Gasteiger partial charge in [-0.3, -0.25) is 4.90 Å². The van der Waals surface area contributed by atoms with E-state index >= 15 is 0 Å². The van der Waals surface area contributed by atoms with Crippen LogP contribution in [0.2, 0.25) is 0 Å². The fraction of sp³-hybridized carbons (Fsp3) is 0.423. The SMILES string of the molecule is Cc1ccc([C@@]2(c3ncns3)CCN(C(=O)Nc3cc(C(F)F)ccc3OC3CN(CC(F)(F)F)C3)C2)cc1F. The van der Waals surface area contributed by atoms with Gasteiger partial charge in [0.05, 0.1) is 17.6 Å². The van der Waals surface area contributed by atoms with E-state index < -0.39 is 36.7 Å². The molecular weight excluding hydrogens is 560 g/mol. The van der Waals surface area contributed by atoms with Crippen molar-refractivity contribution in [2.75, 3.05) is 38.0 Å². The molecule has 2 amide bonds. The number of likely N-dealkylation sites (tertiary alicyclic amines) is 2. The van der Waals surface area contributed by atoms with Crippen LogP contribution in [-0.4, -0.2) is 70.2 Å². The predicted molar refractivity (Wildman–Crippen MR) is 135 cm³/mol. The Morgan fingerprint density at radius 3 is 2.65 bits per heavy atom. The fourth-order valence-corrected chi connectivity index (χ4v) is 5.78. The number of ether oxygens (including phenoxy) is 1. The first-order valence-electron chi connectivity index (χ1n) is 12.4. The molecule has 5 rings (SSSR count). The van der Waals surface area contributed by atoms with Crippen molar-refractivity contribution in [3.63, 3.8) is 0 Å². The summed E-state index contributed by atoms with van der Waals surface area (Å²) in [5.41, 5.74) is -0.0741. The number of urea groups is 1. The van der Waals surface area contributed by atoms with E-state index in [1.807, 2.05) is 0 Å². The van der Waals surface area contributed by atoms with E-state index in [4.69, 9.17) is 4.74 Å². The molecule has 7 nitrogen and oxygen atoms in total. The molecule has 0 unspecified atom stereocenters. The molecule has 0 saturated carbocycles. The van der Waals surface area contributed by atoms with Crippen molar-refractivity contribution in [1.82, 2.24) is 19.2 Å². The maximum absolute atomic E-state index is 14.5. The van der Waals surface area contributed by atoms with Crippen molar-refractivity contribution in [2.24, 2.45) is 0 Å².